The van der Waals surface area contributed by atoms with Gasteiger partial charge in [-0.25, -0.2) is 0 Å². The van der Waals surface area contributed by atoms with Gasteiger partial charge >= 0.3 is 37.2 Å². The largest absolute Gasteiger partial charge is 0.518 e. The fourth-order valence-electron chi connectivity index (χ4n) is 2.67. The molecule has 2 aromatic rings. The van der Waals surface area contributed by atoms with E-state index in [-0.39, 0.29) is 36.7 Å². The van der Waals surface area contributed by atoms with E-state index in [9.17, 15) is 56.3 Å². The van der Waals surface area contributed by atoms with Crippen molar-refractivity contribution in [3.8, 4) is 11.5 Å². The molecule has 0 aliphatic carbocycles. The molecule has 0 radical (unpaired) electrons. The Morgan fingerprint density at radius 2 is 1.02 bits per heavy atom. The summed E-state index contributed by atoms with van der Waals surface area (Å²) in [5.41, 5.74) is -15.1. The van der Waals surface area contributed by atoms with E-state index in [4.69, 9.17) is 9.47 Å². The average molecular weight is 628 g/mol. The highest BCUT2D eigenvalue weighted by Gasteiger charge is 2.49. The summed E-state index contributed by atoms with van der Waals surface area (Å²) >= 11 is 0. The van der Waals surface area contributed by atoms with Crippen LogP contribution in [-0.4, -0.2) is 58.7 Å². The van der Waals surface area contributed by atoms with Gasteiger partial charge in [-0.15, -0.1) is 0 Å². The lowest BCUT2D eigenvalue weighted by atomic mass is 10.1. The molecular formula is C21H17F9N2O6S2. The molecule has 222 valence electrons. The van der Waals surface area contributed by atoms with Gasteiger partial charge < -0.3 is 9.47 Å². The molecule has 0 aromatic heterocycles. The van der Waals surface area contributed by atoms with Gasteiger partial charge in [0, 0.05) is 12.0 Å². The summed E-state index contributed by atoms with van der Waals surface area (Å²) < 4.78 is 174. The van der Waals surface area contributed by atoms with Gasteiger partial charge in [-0.1, -0.05) is 0 Å². The zero-order chi connectivity index (χ0) is 30.6. The highest BCUT2D eigenvalue weighted by molar-refractivity contribution is 7.91. The van der Waals surface area contributed by atoms with E-state index in [1.807, 2.05) is 4.40 Å². The van der Waals surface area contributed by atoms with Gasteiger partial charge in [0.15, 0.2) is 5.71 Å². The second-order valence-corrected chi connectivity index (χ2v) is 10.7. The number of ether oxygens (including phenoxy) is 2. The van der Waals surface area contributed by atoms with Crippen LogP contribution in [0.5, 0.6) is 11.5 Å². The molecule has 2 aromatic carbocycles. The number of alkyl halides is 9. The minimum atomic E-state index is -6.45. The Morgan fingerprint density at radius 1 is 0.650 bits per heavy atom. The Labute approximate surface area is 221 Å². The summed E-state index contributed by atoms with van der Waals surface area (Å²) in [6, 6.07) is 8.50. The van der Waals surface area contributed by atoms with Crippen molar-refractivity contribution in [3.05, 3.63) is 59.7 Å². The van der Waals surface area contributed by atoms with Crippen LogP contribution in [-0.2, 0) is 20.0 Å². The zero-order valence-corrected chi connectivity index (χ0v) is 21.4. The summed E-state index contributed by atoms with van der Waals surface area (Å²) in [6.07, 6.45) is -5.30. The number of halogens is 9. The molecule has 0 aliphatic heterocycles. The van der Waals surface area contributed by atoms with Crippen molar-refractivity contribution >= 4 is 31.5 Å². The number of hydrogen-bond acceptors (Lipinski definition) is 6. The molecule has 0 aliphatic rings. The van der Waals surface area contributed by atoms with Crippen LogP contribution in [0.4, 0.5) is 39.5 Å². The van der Waals surface area contributed by atoms with Crippen LogP contribution in [0.3, 0.4) is 0 Å². The third kappa shape index (κ3) is 8.83. The van der Waals surface area contributed by atoms with Gasteiger partial charge in [-0.05, 0) is 61.0 Å². The Morgan fingerprint density at radius 3 is 1.40 bits per heavy atom. The van der Waals surface area contributed by atoms with Crippen molar-refractivity contribution in [1.29, 1.82) is 0 Å². The van der Waals surface area contributed by atoms with E-state index in [0.29, 0.717) is 12.1 Å². The van der Waals surface area contributed by atoms with Crippen molar-refractivity contribution in [3.63, 3.8) is 0 Å². The fourth-order valence-corrected chi connectivity index (χ4v) is 3.79. The Hall–Kier alpha value is -3.35. The predicted molar refractivity (Wildman–Crippen MR) is 123 cm³/mol. The van der Waals surface area contributed by atoms with Gasteiger partial charge in [-0.3, -0.25) is 0 Å². The second-order valence-electron chi connectivity index (χ2n) is 7.56. The first-order valence-electron chi connectivity index (χ1n) is 10.5. The average Bonchev–Trinajstić information content (AvgIpc) is 2.81. The third-order valence-corrected chi connectivity index (χ3v) is 6.66. The lowest BCUT2D eigenvalue weighted by molar-refractivity contribution is -0.0583. The van der Waals surface area contributed by atoms with Crippen molar-refractivity contribution in [2.45, 2.75) is 30.5 Å². The summed E-state index contributed by atoms with van der Waals surface area (Å²) in [6.45, 7) is 1.07. The Balaban J connectivity index is 1.94. The number of sulfonamides is 2. The molecule has 40 heavy (non-hydrogen) atoms. The van der Waals surface area contributed by atoms with Crippen molar-refractivity contribution in [2.75, 3.05) is 13.2 Å². The van der Waals surface area contributed by atoms with E-state index in [0.717, 1.165) is 19.1 Å². The van der Waals surface area contributed by atoms with Crippen LogP contribution >= 0.6 is 0 Å². The van der Waals surface area contributed by atoms with Crippen LogP contribution in [0.25, 0.3) is 0 Å². The summed E-state index contributed by atoms with van der Waals surface area (Å²) in [4.78, 5) is 0. The molecule has 2 rings (SSSR count). The topological polar surface area (TPSA) is 111 Å². The first-order chi connectivity index (χ1) is 18.1. The quantitative estimate of drug-likeness (QED) is 0.198. The second kappa shape index (κ2) is 12.0. The van der Waals surface area contributed by atoms with Crippen LogP contribution in [0.1, 0.15) is 24.5 Å². The fraction of sp³-hybridized carbons (Fsp3) is 0.333. The van der Waals surface area contributed by atoms with Crippen LogP contribution in [0, 0.1) is 0 Å². The van der Waals surface area contributed by atoms with E-state index < -0.39 is 54.2 Å². The minimum Gasteiger partial charge on any atom is -0.493 e. The van der Waals surface area contributed by atoms with Crippen molar-refractivity contribution in [2.24, 2.45) is 8.80 Å². The summed E-state index contributed by atoms with van der Waals surface area (Å²) in [5, 5.41) is 0. The number of benzene rings is 2. The maximum Gasteiger partial charge on any atom is 0.518 e. The molecule has 0 atom stereocenters. The smallest absolute Gasteiger partial charge is 0.493 e. The number of rotatable bonds is 10. The molecular weight excluding hydrogens is 611 g/mol. The molecule has 0 bridgehead atoms. The lowest BCUT2D eigenvalue weighted by Gasteiger charge is -2.13. The van der Waals surface area contributed by atoms with Crippen LogP contribution < -0.4 is 9.47 Å². The molecule has 0 N–H and O–H groups in total. The van der Waals surface area contributed by atoms with Gasteiger partial charge in [0.1, 0.15) is 11.5 Å². The standard InChI is InChI=1S/C21H17F9N2O6S2/c1-13(31-39(33,34)20(25,26)27)14-3-7-16(8-4-14)37-11-2-12-38-17-9-5-15(6-10-17)18(19(22,23)24)32-40(35,36)21(28,29)30/h3-10H,2,11-12H2,1H3/b31-13+,32-18-. The molecule has 19 heteroatoms. The number of nitrogens with zero attached hydrogens (tertiary/aromatic N) is 2. The monoisotopic (exact) mass is 628 g/mol. The first-order valence-corrected chi connectivity index (χ1v) is 13.3. The maximum atomic E-state index is 13.1. The van der Waals surface area contributed by atoms with Gasteiger partial charge in [0.2, 0.25) is 0 Å². The van der Waals surface area contributed by atoms with E-state index >= 15 is 0 Å². The molecule has 0 unspecified atom stereocenters. The Bertz CT molecular complexity index is 1450. The third-order valence-electron chi connectivity index (χ3n) is 4.55. The summed E-state index contributed by atoms with van der Waals surface area (Å²) in [7, 11) is -12.2. The van der Waals surface area contributed by atoms with Crippen LogP contribution in [0.2, 0.25) is 0 Å². The molecule has 0 saturated carbocycles. The molecule has 0 fully saturated rings. The number of hydrogen-bond donors (Lipinski definition) is 0. The highest BCUT2D eigenvalue weighted by Crippen LogP contribution is 2.30. The lowest BCUT2D eigenvalue weighted by Crippen LogP contribution is -2.29. The normalized spacial score (nSPS) is 14.2. The molecule has 0 heterocycles. The zero-order valence-electron chi connectivity index (χ0n) is 19.8. The van der Waals surface area contributed by atoms with E-state index in [2.05, 4.69) is 4.40 Å². The SMILES string of the molecule is C/C(=N\S(=O)(=O)C(F)(F)F)c1ccc(OCCCOc2ccc(/C(=N/S(=O)(=O)C(F)(F)F)C(F)(F)F)cc2)cc1. The Kier molecular flexibility index (Phi) is 9.88. The minimum absolute atomic E-state index is 0.00289. The van der Waals surface area contributed by atoms with Gasteiger partial charge in [0.25, 0.3) is 0 Å². The van der Waals surface area contributed by atoms with Crippen LogP contribution in [0.15, 0.2) is 57.3 Å². The van der Waals surface area contributed by atoms with E-state index in [1.54, 1.807) is 0 Å². The highest BCUT2D eigenvalue weighted by atomic mass is 32.2. The van der Waals surface area contributed by atoms with Crippen molar-refractivity contribution in [1.82, 2.24) is 0 Å². The molecule has 0 amide bonds. The molecule has 8 nitrogen and oxygen atoms in total. The van der Waals surface area contributed by atoms with Gasteiger partial charge in [-0.2, -0.15) is 65.1 Å². The predicted octanol–water partition coefficient (Wildman–Crippen LogP) is 5.39. The first kappa shape index (κ1) is 32.9. The maximum absolute atomic E-state index is 13.1. The van der Waals surface area contributed by atoms with E-state index in [1.165, 1.54) is 24.3 Å². The molecule has 0 spiro atoms. The molecule has 0 saturated heterocycles. The van der Waals surface area contributed by atoms with Crippen molar-refractivity contribution < 1.29 is 65.8 Å². The van der Waals surface area contributed by atoms with Gasteiger partial charge in [0.05, 0.1) is 18.9 Å². The summed E-state index contributed by atoms with van der Waals surface area (Å²) in [5.74, 6) is 0.254.